The number of methoxy groups -OCH3 is 1. The van der Waals surface area contributed by atoms with Crippen LogP contribution in [-0.2, 0) is 14.3 Å². The van der Waals surface area contributed by atoms with E-state index >= 15 is 0 Å². The number of rotatable bonds is 6. The minimum absolute atomic E-state index is 0.0570. The Morgan fingerprint density at radius 3 is 2.74 bits per heavy atom. The highest BCUT2D eigenvalue weighted by atomic mass is 16.5. The lowest BCUT2D eigenvalue weighted by Crippen LogP contribution is -2.13. The summed E-state index contributed by atoms with van der Waals surface area (Å²) in [5, 5.41) is 6.77. The molecule has 0 fully saturated rings. The van der Waals surface area contributed by atoms with E-state index in [1.807, 2.05) is 31.2 Å². The van der Waals surface area contributed by atoms with E-state index in [1.54, 1.807) is 24.1 Å². The summed E-state index contributed by atoms with van der Waals surface area (Å²) in [5.74, 6) is 1.79. The van der Waals surface area contributed by atoms with Gasteiger partial charge in [-0.15, -0.1) is 0 Å². The van der Waals surface area contributed by atoms with Gasteiger partial charge >= 0.3 is 0 Å². The Bertz CT molecular complexity index is 1040. The summed E-state index contributed by atoms with van der Waals surface area (Å²) in [7, 11) is 1.32. The number of anilines is 3. The number of fused-ring (bicyclic) bond motifs is 1. The van der Waals surface area contributed by atoms with Gasteiger partial charge in [-0.2, -0.15) is 0 Å². The SMILES string of the molecule is COC(=C=O)CC(=O)Nc1ccc2ncnc(Nc3cccc(C)c3)c2c1. The third-order valence-corrected chi connectivity index (χ3v) is 3.88. The van der Waals surface area contributed by atoms with Gasteiger partial charge in [-0.25, -0.2) is 14.8 Å². The first-order valence-corrected chi connectivity index (χ1v) is 8.25. The molecule has 0 bridgehead atoms. The Hall–Kier alpha value is -3.70. The maximum absolute atomic E-state index is 12.1. The van der Waals surface area contributed by atoms with Crippen molar-refractivity contribution in [2.24, 2.45) is 0 Å². The summed E-state index contributed by atoms with van der Waals surface area (Å²) in [6, 6.07) is 13.2. The van der Waals surface area contributed by atoms with Crippen molar-refractivity contribution in [1.82, 2.24) is 9.97 Å². The van der Waals surface area contributed by atoms with E-state index < -0.39 is 0 Å². The van der Waals surface area contributed by atoms with E-state index in [1.165, 1.54) is 13.4 Å². The summed E-state index contributed by atoms with van der Waals surface area (Å²) in [6.07, 6.45) is 1.30. The van der Waals surface area contributed by atoms with Gasteiger partial charge < -0.3 is 15.4 Å². The standard InChI is InChI=1S/C20H18N4O3/c1-13-4-3-5-14(8-13)24-20-17-9-15(6-7-18(17)21-12-22-20)23-19(26)10-16(11-25)27-2/h3-9,12H,10H2,1-2H3,(H,23,26)(H,21,22,24). The first-order valence-electron chi connectivity index (χ1n) is 8.25. The van der Waals surface area contributed by atoms with E-state index in [9.17, 15) is 9.59 Å². The first-order chi connectivity index (χ1) is 13.1. The first kappa shape index (κ1) is 18.1. The minimum Gasteiger partial charge on any atom is -0.489 e. The fourth-order valence-corrected chi connectivity index (χ4v) is 2.59. The highest BCUT2D eigenvalue weighted by Crippen LogP contribution is 2.26. The molecule has 0 aliphatic heterocycles. The normalized spacial score (nSPS) is 10.1. The second-order valence-electron chi connectivity index (χ2n) is 5.90. The van der Waals surface area contributed by atoms with E-state index in [4.69, 9.17) is 4.74 Å². The molecule has 0 atom stereocenters. The maximum atomic E-state index is 12.1. The molecule has 1 amide bonds. The molecule has 2 N–H and O–H groups in total. The molecular weight excluding hydrogens is 344 g/mol. The fourth-order valence-electron chi connectivity index (χ4n) is 2.59. The van der Waals surface area contributed by atoms with Crippen molar-refractivity contribution in [3.63, 3.8) is 0 Å². The smallest absolute Gasteiger partial charge is 0.232 e. The van der Waals surface area contributed by atoms with E-state index in [-0.39, 0.29) is 18.1 Å². The predicted octanol–water partition coefficient (Wildman–Crippen LogP) is 3.37. The van der Waals surface area contributed by atoms with Gasteiger partial charge in [0.15, 0.2) is 11.7 Å². The van der Waals surface area contributed by atoms with Crippen molar-refractivity contribution in [2.45, 2.75) is 13.3 Å². The molecule has 3 aromatic rings. The number of nitrogens with one attached hydrogen (secondary N) is 2. The molecule has 0 unspecified atom stereocenters. The van der Waals surface area contributed by atoms with Gasteiger partial charge in [-0.05, 0) is 42.8 Å². The van der Waals surface area contributed by atoms with Gasteiger partial charge in [0, 0.05) is 16.8 Å². The number of hydrogen-bond donors (Lipinski definition) is 2. The summed E-state index contributed by atoms with van der Waals surface area (Å²) in [4.78, 5) is 31.3. The van der Waals surface area contributed by atoms with Crippen LogP contribution in [0.15, 0.2) is 54.6 Å². The van der Waals surface area contributed by atoms with Gasteiger partial charge in [-0.1, -0.05) is 12.1 Å². The van der Waals surface area contributed by atoms with Crippen LogP contribution in [0.25, 0.3) is 10.9 Å². The monoisotopic (exact) mass is 362 g/mol. The molecule has 3 rings (SSSR count). The third kappa shape index (κ3) is 4.48. The number of carbonyl (C=O) groups is 1. The lowest BCUT2D eigenvalue weighted by Gasteiger charge is -2.11. The zero-order chi connectivity index (χ0) is 19.2. The quantitative estimate of drug-likeness (QED) is 0.516. The van der Waals surface area contributed by atoms with Crippen molar-refractivity contribution >= 4 is 39.9 Å². The highest BCUT2D eigenvalue weighted by molar-refractivity contribution is 5.98. The maximum Gasteiger partial charge on any atom is 0.232 e. The van der Waals surface area contributed by atoms with Gasteiger partial charge in [-0.3, -0.25) is 4.79 Å². The van der Waals surface area contributed by atoms with E-state index in [2.05, 4.69) is 20.6 Å². The second kappa shape index (κ2) is 8.12. The average molecular weight is 362 g/mol. The molecule has 27 heavy (non-hydrogen) atoms. The number of amides is 1. The molecular formula is C20H18N4O3. The Balaban J connectivity index is 1.87. The van der Waals surface area contributed by atoms with Crippen LogP contribution in [0.1, 0.15) is 12.0 Å². The van der Waals surface area contributed by atoms with Crippen molar-refractivity contribution < 1.29 is 14.3 Å². The van der Waals surface area contributed by atoms with Gasteiger partial charge in [0.1, 0.15) is 12.1 Å². The topological polar surface area (TPSA) is 93.2 Å². The summed E-state index contributed by atoms with van der Waals surface area (Å²) in [5.41, 5.74) is 3.34. The zero-order valence-corrected chi connectivity index (χ0v) is 14.9. The van der Waals surface area contributed by atoms with Crippen LogP contribution in [0.3, 0.4) is 0 Å². The number of benzene rings is 2. The molecule has 7 heteroatoms. The minimum atomic E-state index is -0.375. The van der Waals surface area contributed by atoms with Crippen molar-refractivity contribution in [2.75, 3.05) is 17.7 Å². The molecule has 136 valence electrons. The Morgan fingerprint density at radius 2 is 2.00 bits per heavy atom. The molecule has 0 aliphatic rings. The molecule has 0 spiro atoms. The number of hydrogen-bond acceptors (Lipinski definition) is 6. The molecule has 1 aromatic heterocycles. The van der Waals surface area contributed by atoms with E-state index in [0.717, 1.165) is 22.2 Å². The van der Waals surface area contributed by atoms with Gasteiger partial charge in [0.2, 0.25) is 5.91 Å². The summed E-state index contributed by atoms with van der Waals surface area (Å²) in [6.45, 7) is 2.01. The molecule has 7 nitrogen and oxygen atoms in total. The number of nitrogens with zero attached hydrogens (tertiary/aromatic N) is 2. The number of carbonyl (C=O) groups excluding carboxylic acids is 2. The molecule has 0 aliphatic carbocycles. The predicted molar refractivity (Wildman–Crippen MR) is 103 cm³/mol. The van der Waals surface area contributed by atoms with Crippen molar-refractivity contribution in [1.29, 1.82) is 0 Å². The zero-order valence-electron chi connectivity index (χ0n) is 14.9. The number of aromatic nitrogens is 2. The van der Waals surface area contributed by atoms with E-state index in [0.29, 0.717) is 11.5 Å². The van der Waals surface area contributed by atoms with Gasteiger partial charge in [0.05, 0.1) is 19.0 Å². The number of ether oxygens (including phenoxy) is 1. The Morgan fingerprint density at radius 1 is 1.15 bits per heavy atom. The molecule has 2 aromatic carbocycles. The van der Waals surface area contributed by atoms with Crippen molar-refractivity contribution in [3.8, 4) is 0 Å². The van der Waals surface area contributed by atoms with Crippen LogP contribution in [0.5, 0.6) is 0 Å². The average Bonchev–Trinajstić information content (AvgIpc) is 2.66. The highest BCUT2D eigenvalue weighted by Gasteiger charge is 2.10. The molecule has 0 saturated heterocycles. The lowest BCUT2D eigenvalue weighted by molar-refractivity contribution is -0.116. The molecule has 0 saturated carbocycles. The number of aryl methyl sites for hydroxylation is 1. The Kier molecular flexibility index (Phi) is 5.44. The van der Waals surface area contributed by atoms with Gasteiger partial charge in [0.25, 0.3) is 0 Å². The van der Waals surface area contributed by atoms with Crippen LogP contribution in [0, 0.1) is 6.92 Å². The molecule has 0 radical (unpaired) electrons. The third-order valence-electron chi connectivity index (χ3n) is 3.88. The second-order valence-corrected chi connectivity index (χ2v) is 5.90. The van der Waals surface area contributed by atoms with Crippen LogP contribution in [0.4, 0.5) is 17.2 Å². The van der Waals surface area contributed by atoms with Crippen LogP contribution < -0.4 is 10.6 Å². The summed E-state index contributed by atoms with van der Waals surface area (Å²) >= 11 is 0. The summed E-state index contributed by atoms with van der Waals surface area (Å²) < 4.78 is 4.78. The fraction of sp³-hybridized carbons (Fsp3) is 0.150. The molecule has 1 heterocycles. The lowest BCUT2D eigenvalue weighted by atomic mass is 10.2. The van der Waals surface area contributed by atoms with Crippen LogP contribution in [-0.4, -0.2) is 28.9 Å². The Labute approximate surface area is 156 Å². The largest absolute Gasteiger partial charge is 0.489 e. The van der Waals surface area contributed by atoms with Crippen LogP contribution in [0.2, 0.25) is 0 Å². The van der Waals surface area contributed by atoms with Crippen LogP contribution >= 0.6 is 0 Å². The van der Waals surface area contributed by atoms with Crippen molar-refractivity contribution in [3.05, 3.63) is 60.1 Å².